The van der Waals surface area contributed by atoms with Crippen LogP contribution >= 0.6 is 0 Å². The third-order valence-electron chi connectivity index (χ3n) is 3.24. The van der Waals surface area contributed by atoms with Crippen LogP contribution < -0.4 is 20.9 Å². The standard InChI is InChI=1S/C18H20N6O2/c1-25-15-7-3-13(4-8-15)11-21-23-17(19)18(20)24-22-12-14-5-9-16(26-2)10-6-14/h3-12H,1-2H3,(H2,19,23)(H2,20,24)/b21-11+,22-12+. The Morgan fingerprint density at radius 2 is 1.04 bits per heavy atom. The summed E-state index contributed by atoms with van der Waals surface area (Å²) < 4.78 is 10.2. The maximum Gasteiger partial charge on any atom is 0.190 e. The molecule has 0 aliphatic carbocycles. The Labute approximate surface area is 151 Å². The van der Waals surface area contributed by atoms with Crippen molar-refractivity contribution in [2.24, 2.45) is 31.9 Å². The van der Waals surface area contributed by atoms with E-state index in [9.17, 15) is 0 Å². The van der Waals surface area contributed by atoms with Crippen molar-refractivity contribution >= 4 is 24.1 Å². The lowest BCUT2D eigenvalue weighted by Gasteiger charge is -1.98. The first-order chi connectivity index (χ1) is 12.6. The zero-order chi connectivity index (χ0) is 18.8. The van der Waals surface area contributed by atoms with E-state index < -0.39 is 0 Å². The Morgan fingerprint density at radius 1 is 0.692 bits per heavy atom. The van der Waals surface area contributed by atoms with Crippen molar-refractivity contribution in [1.29, 1.82) is 0 Å². The van der Waals surface area contributed by atoms with Crippen molar-refractivity contribution in [1.82, 2.24) is 0 Å². The summed E-state index contributed by atoms with van der Waals surface area (Å²) in [6.07, 6.45) is 3.08. The fourth-order valence-corrected chi connectivity index (χ4v) is 1.80. The highest BCUT2D eigenvalue weighted by atomic mass is 16.5. The second-order valence-corrected chi connectivity index (χ2v) is 5.01. The molecule has 0 bridgehead atoms. The van der Waals surface area contributed by atoms with E-state index in [1.54, 1.807) is 26.6 Å². The first-order valence-corrected chi connectivity index (χ1v) is 7.64. The van der Waals surface area contributed by atoms with E-state index in [1.165, 1.54) is 0 Å². The molecule has 134 valence electrons. The molecule has 0 saturated heterocycles. The molecule has 0 aliphatic rings. The lowest BCUT2D eigenvalue weighted by molar-refractivity contribution is 0.414. The topological polar surface area (TPSA) is 120 Å². The maximum atomic E-state index is 5.71. The van der Waals surface area contributed by atoms with E-state index >= 15 is 0 Å². The molecule has 0 unspecified atom stereocenters. The SMILES string of the molecule is COc1ccc(/C=N/N=C(N)\C(N)=N/N=C/c2ccc(OC)cc2)cc1. The lowest BCUT2D eigenvalue weighted by atomic mass is 10.2. The first kappa shape index (κ1) is 18.7. The van der Waals surface area contributed by atoms with Gasteiger partial charge < -0.3 is 20.9 Å². The fourth-order valence-electron chi connectivity index (χ4n) is 1.80. The second-order valence-electron chi connectivity index (χ2n) is 5.01. The van der Waals surface area contributed by atoms with E-state index in [0.29, 0.717) is 0 Å². The highest BCUT2D eigenvalue weighted by Gasteiger charge is 1.98. The largest absolute Gasteiger partial charge is 0.497 e. The average molecular weight is 352 g/mol. The average Bonchev–Trinajstić information content (AvgIpc) is 2.68. The quantitative estimate of drug-likeness (QED) is 0.468. The number of nitrogens with zero attached hydrogens (tertiary/aromatic N) is 4. The van der Waals surface area contributed by atoms with Gasteiger partial charge in [-0.05, 0) is 59.7 Å². The predicted molar refractivity (Wildman–Crippen MR) is 104 cm³/mol. The van der Waals surface area contributed by atoms with E-state index in [4.69, 9.17) is 20.9 Å². The molecule has 0 amide bonds. The van der Waals surface area contributed by atoms with E-state index in [2.05, 4.69) is 20.4 Å². The molecule has 0 fully saturated rings. The summed E-state index contributed by atoms with van der Waals surface area (Å²) >= 11 is 0. The monoisotopic (exact) mass is 352 g/mol. The maximum absolute atomic E-state index is 5.71. The minimum atomic E-state index is -0.0263. The Morgan fingerprint density at radius 3 is 1.35 bits per heavy atom. The molecular formula is C18H20N6O2. The van der Waals surface area contributed by atoms with Crippen LogP contribution in [0.2, 0.25) is 0 Å². The van der Waals surface area contributed by atoms with Gasteiger partial charge in [-0.1, -0.05) is 0 Å². The van der Waals surface area contributed by atoms with Gasteiger partial charge in [0.15, 0.2) is 11.7 Å². The van der Waals surface area contributed by atoms with Gasteiger partial charge in [0.1, 0.15) is 11.5 Å². The Balaban J connectivity index is 1.96. The molecule has 0 spiro atoms. The predicted octanol–water partition coefficient (Wildman–Crippen LogP) is 1.79. The van der Waals surface area contributed by atoms with Crippen molar-refractivity contribution in [2.75, 3.05) is 14.2 Å². The molecule has 0 heterocycles. The smallest absolute Gasteiger partial charge is 0.190 e. The van der Waals surface area contributed by atoms with Gasteiger partial charge in [-0.2, -0.15) is 10.2 Å². The van der Waals surface area contributed by atoms with Crippen LogP contribution in [-0.4, -0.2) is 38.3 Å². The van der Waals surface area contributed by atoms with Crippen LogP contribution in [0.3, 0.4) is 0 Å². The zero-order valence-electron chi connectivity index (χ0n) is 14.5. The second kappa shape index (κ2) is 9.58. The zero-order valence-corrected chi connectivity index (χ0v) is 14.5. The number of nitrogens with two attached hydrogens (primary N) is 2. The summed E-state index contributed by atoms with van der Waals surface area (Å²) in [5.74, 6) is 1.47. The van der Waals surface area contributed by atoms with Gasteiger partial charge in [0.25, 0.3) is 0 Å². The van der Waals surface area contributed by atoms with Gasteiger partial charge in [0, 0.05) is 0 Å². The van der Waals surface area contributed by atoms with Crippen molar-refractivity contribution in [2.45, 2.75) is 0 Å². The number of hydrogen-bond acceptors (Lipinski definition) is 6. The number of benzene rings is 2. The summed E-state index contributed by atoms with van der Waals surface area (Å²) in [6.45, 7) is 0. The summed E-state index contributed by atoms with van der Waals surface area (Å²) in [5, 5.41) is 15.3. The van der Waals surface area contributed by atoms with Gasteiger partial charge in [-0.3, -0.25) is 0 Å². The molecule has 2 rings (SSSR count). The van der Waals surface area contributed by atoms with Crippen molar-refractivity contribution in [3.8, 4) is 11.5 Å². The summed E-state index contributed by atoms with van der Waals surface area (Å²) in [5.41, 5.74) is 13.1. The van der Waals surface area contributed by atoms with Gasteiger partial charge in [-0.25, -0.2) is 0 Å². The van der Waals surface area contributed by atoms with Gasteiger partial charge in [0.05, 0.1) is 26.6 Å². The summed E-state index contributed by atoms with van der Waals surface area (Å²) in [7, 11) is 3.21. The first-order valence-electron chi connectivity index (χ1n) is 7.64. The molecule has 4 N–H and O–H groups in total. The van der Waals surface area contributed by atoms with Gasteiger partial charge in [-0.15, -0.1) is 10.2 Å². The molecule has 2 aromatic carbocycles. The normalized spacial score (nSPS) is 12.7. The molecule has 0 saturated carbocycles. The van der Waals surface area contributed by atoms with Crippen LogP contribution in [0, 0.1) is 0 Å². The van der Waals surface area contributed by atoms with Crippen LogP contribution in [-0.2, 0) is 0 Å². The fraction of sp³-hybridized carbons (Fsp3) is 0.111. The molecule has 0 radical (unpaired) electrons. The Hall–Kier alpha value is -3.68. The number of hydrogen-bond donors (Lipinski definition) is 2. The highest BCUT2D eigenvalue weighted by Crippen LogP contribution is 2.10. The highest BCUT2D eigenvalue weighted by molar-refractivity contribution is 6.39. The van der Waals surface area contributed by atoms with E-state index in [0.717, 1.165) is 22.6 Å². The van der Waals surface area contributed by atoms with Crippen LogP contribution in [0.15, 0.2) is 68.9 Å². The van der Waals surface area contributed by atoms with Gasteiger partial charge in [0.2, 0.25) is 0 Å². The number of methoxy groups -OCH3 is 2. The van der Waals surface area contributed by atoms with Crippen molar-refractivity contribution in [3.63, 3.8) is 0 Å². The van der Waals surface area contributed by atoms with Crippen molar-refractivity contribution in [3.05, 3.63) is 59.7 Å². The van der Waals surface area contributed by atoms with Crippen LogP contribution in [0.5, 0.6) is 11.5 Å². The third-order valence-corrected chi connectivity index (χ3v) is 3.24. The number of amidine groups is 2. The minimum absolute atomic E-state index is 0.0263. The summed E-state index contributed by atoms with van der Waals surface area (Å²) in [4.78, 5) is 0. The van der Waals surface area contributed by atoms with Gasteiger partial charge >= 0.3 is 0 Å². The molecular weight excluding hydrogens is 332 g/mol. The lowest BCUT2D eigenvalue weighted by Crippen LogP contribution is -2.30. The molecule has 0 aromatic heterocycles. The van der Waals surface area contributed by atoms with Crippen LogP contribution in [0.25, 0.3) is 0 Å². The molecule has 0 aliphatic heterocycles. The molecule has 2 aromatic rings. The third kappa shape index (κ3) is 5.75. The summed E-state index contributed by atoms with van der Waals surface area (Å²) in [6, 6.07) is 14.6. The Kier molecular flexibility index (Phi) is 6.87. The van der Waals surface area contributed by atoms with E-state index in [1.807, 2.05) is 48.5 Å². The molecule has 0 atom stereocenters. The number of rotatable bonds is 6. The van der Waals surface area contributed by atoms with Crippen molar-refractivity contribution < 1.29 is 9.47 Å². The van der Waals surface area contributed by atoms with Crippen LogP contribution in [0.4, 0.5) is 0 Å². The molecule has 8 nitrogen and oxygen atoms in total. The number of ether oxygens (including phenoxy) is 2. The van der Waals surface area contributed by atoms with Crippen LogP contribution in [0.1, 0.15) is 11.1 Å². The molecule has 8 heteroatoms. The minimum Gasteiger partial charge on any atom is -0.497 e. The van der Waals surface area contributed by atoms with E-state index in [-0.39, 0.29) is 11.7 Å². The molecule has 26 heavy (non-hydrogen) atoms. The Bertz CT molecular complexity index is 752.